The molecule has 1 saturated heterocycles. The van der Waals surface area contributed by atoms with E-state index in [2.05, 4.69) is 30.9 Å². The quantitative estimate of drug-likeness (QED) is 0.803. The van der Waals surface area contributed by atoms with Crippen molar-refractivity contribution < 1.29 is 9.47 Å². The van der Waals surface area contributed by atoms with Crippen LogP contribution < -0.4 is 4.74 Å². The molecule has 1 atom stereocenters. The summed E-state index contributed by atoms with van der Waals surface area (Å²) in [6, 6.07) is 8.73. The zero-order valence-electron chi connectivity index (χ0n) is 10.8. The second-order valence-corrected chi connectivity index (χ2v) is 4.72. The van der Waals surface area contributed by atoms with E-state index < -0.39 is 0 Å². The largest absolute Gasteiger partial charge is 0.497 e. The molecule has 1 heterocycles. The van der Waals surface area contributed by atoms with Gasteiger partial charge in [-0.05, 0) is 31.5 Å². The van der Waals surface area contributed by atoms with Crippen LogP contribution in [0, 0.1) is 0 Å². The average Bonchev–Trinajstić information content (AvgIpc) is 2.39. The fraction of sp³-hybridized carbons (Fsp3) is 0.571. The predicted molar refractivity (Wildman–Crippen MR) is 68.4 cm³/mol. The summed E-state index contributed by atoms with van der Waals surface area (Å²) in [5, 5.41) is 0. The number of ether oxygens (including phenoxy) is 2. The first kappa shape index (κ1) is 12.4. The SMILES string of the molecule is COc1cccc(C2CN(C(C)C)CCO2)c1. The summed E-state index contributed by atoms with van der Waals surface area (Å²) >= 11 is 0. The predicted octanol–water partition coefficient (Wildman–Crippen LogP) is 2.48. The van der Waals surface area contributed by atoms with E-state index in [1.165, 1.54) is 5.56 Å². The van der Waals surface area contributed by atoms with Crippen LogP contribution in [0.15, 0.2) is 24.3 Å². The van der Waals surface area contributed by atoms with Gasteiger partial charge < -0.3 is 9.47 Å². The second-order valence-electron chi connectivity index (χ2n) is 4.72. The van der Waals surface area contributed by atoms with Crippen LogP contribution >= 0.6 is 0 Å². The first-order valence-electron chi connectivity index (χ1n) is 6.20. The highest BCUT2D eigenvalue weighted by Gasteiger charge is 2.23. The summed E-state index contributed by atoms with van der Waals surface area (Å²) in [4.78, 5) is 2.45. The molecule has 1 aromatic carbocycles. The number of benzene rings is 1. The molecule has 2 rings (SSSR count). The molecular weight excluding hydrogens is 214 g/mol. The zero-order chi connectivity index (χ0) is 12.3. The smallest absolute Gasteiger partial charge is 0.119 e. The molecule has 0 saturated carbocycles. The molecule has 0 amide bonds. The van der Waals surface area contributed by atoms with Crippen molar-refractivity contribution in [1.82, 2.24) is 4.90 Å². The summed E-state index contributed by atoms with van der Waals surface area (Å²) in [6.07, 6.45) is 0.168. The van der Waals surface area contributed by atoms with Crippen molar-refractivity contribution >= 4 is 0 Å². The minimum Gasteiger partial charge on any atom is -0.497 e. The molecule has 1 aliphatic heterocycles. The van der Waals surface area contributed by atoms with Gasteiger partial charge in [0.1, 0.15) is 5.75 Å². The second kappa shape index (κ2) is 5.52. The number of hydrogen-bond acceptors (Lipinski definition) is 3. The Bertz CT molecular complexity index is 365. The van der Waals surface area contributed by atoms with Gasteiger partial charge in [-0.3, -0.25) is 4.90 Å². The summed E-state index contributed by atoms with van der Waals surface area (Å²) in [6.45, 7) is 7.25. The van der Waals surface area contributed by atoms with Crippen molar-refractivity contribution in [3.8, 4) is 5.75 Å². The van der Waals surface area contributed by atoms with Gasteiger partial charge in [0.05, 0.1) is 19.8 Å². The lowest BCUT2D eigenvalue weighted by molar-refractivity contribution is -0.0402. The van der Waals surface area contributed by atoms with Gasteiger partial charge in [-0.1, -0.05) is 12.1 Å². The third-order valence-corrected chi connectivity index (χ3v) is 3.29. The highest BCUT2D eigenvalue weighted by Crippen LogP contribution is 2.25. The Morgan fingerprint density at radius 1 is 1.41 bits per heavy atom. The molecule has 1 unspecified atom stereocenters. The van der Waals surface area contributed by atoms with Crippen LogP contribution in [0.2, 0.25) is 0 Å². The molecule has 1 fully saturated rings. The molecule has 0 aliphatic carbocycles. The molecule has 0 spiro atoms. The van der Waals surface area contributed by atoms with Gasteiger partial charge in [0.15, 0.2) is 0 Å². The summed E-state index contributed by atoms with van der Waals surface area (Å²) in [7, 11) is 1.70. The fourth-order valence-electron chi connectivity index (χ4n) is 2.18. The first-order chi connectivity index (χ1) is 8.20. The van der Waals surface area contributed by atoms with Crippen LogP contribution in [-0.2, 0) is 4.74 Å². The van der Waals surface area contributed by atoms with Crippen LogP contribution in [0.4, 0.5) is 0 Å². The Labute approximate surface area is 103 Å². The molecule has 17 heavy (non-hydrogen) atoms. The Morgan fingerprint density at radius 2 is 2.24 bits per heavy atom. The lowest BCUT2D eigenvalue weighted by atomic mass is 10.1. The molecular formula is C14H21NO2. The van der Waals surface area contributed by atoms with E-state index in [1.54, 1.807) is 7.11 Å². The molecule has 3 heteroatoms. The standard InChI is InChI=1S/C14H21NO2/c1-11(2)15-7-8-17-14(10-15)12-5-4-6-13(9-12)16-3/h4-6,9,11,14H,7-8,10H2,1-3H3. The monoisotopic (exact) mass is 235 g/mol. The minimum atomic E-state index is 0.168. The molecule has 0 bridgehead atoms. The van der Waals surface area contributed by atoms with Crippen LogP contribution in [0.25, 0.3) is 0 Å². The highest BCUT2D eigenvalue weighted by atomic mass is 16.5. The third kappa shape index (κ3) is 2.99. The van der Waals surface area contributed by atoms with Crippen molar-refractivity contribution in [3.05, 3.63) is 29.8 Å². The Hall–Kier alpha value is -1.06. The normalized spacial score (nSPS) is 21.8. The van der Waals surface area contributed by atoms with Crippen molar-refractivity contribution in [3.63, 3.8) is 0 Å². The molecule has 0 aromatic heterocycles. The van der Waals surface area contributed by atoms with E-state index in [-0.39, 0.29) is 6.10 Å². The lowest BCUT2D eigenvalue weighted by Crippen LogP contribution is -2.42. The van der Waals surface area contributed by atoms with Gasteiger partial charge in [-0.15, -0.1) is 0 Å². The van der Waals surface area contributed by atoms with Crippen molar-refractivity contribution in [2.75, 3.05) is 26.8 Å². The van der Waals surface area contributed by atoms with Gasteiger partial charge >= 0.3 is 0 Å². The molecule has 94 valence electrons. The van der Waals surface area contributed by atoms with E-state index in [0.29, 0.717) is 6.04 Å². The van der Waals surface area contributed by atoms with Crippen molar-refractivity contribution in [2.45, 2.75) is 26.0 Å². The Morgan fingerprint density at radius 3 is 2.94 bits per heavy atom. The Balaban J connectivity index is 2.10. The molecule has 0 radical (unpaired) electrons. The van der Waals surface area contributed by atoms with Gasteiger partial charge in [-0.2, -0.15) is 0 Å². The molecule has 0 N–H and O–H groups in total. The van der Waals surface area contributed by atoms with E-state index >= 15 is 0 Å². The van der Waals surface area contributed by atoms with Gasteiger partial charge in [0, 0.05) is 19.1 Å². The van der Waals surface area contributed by atoms with Crippen LogP contribution in [0.1, 0.15) is 25.5 Å². The van der Waals surface area contributed by atoms with Crippen LogP contribution in [0.3, 0.4) is 0 Å². The maximum Gasteiger partial charge on any atom is 0.119 e. The molecule has 1 aliphatic rings. The van der Waals surface area contributed by atoms with E-state index in [9.17, 15) is 0 Å². The van der Waals surface area contributed by atoms with Gasteiger partial charge in [0.2, 0.25) is 0 Å². The fourth-order valence-corrected chi connectivity index (χ4v) is 2.18. The zero-order valence-corrected chi connectivity index (χ0v) is 10.8. The maximum atomic E-state index is 5.85. The van der Waals surface area contributed by atoms with Gasteiger partial charge in [0.25, 0.3) is 0 Å². The summed E-state index contributed by atoms with van der Waals surface area (Å²) < 4.78 is 11.1. The lowest BCUT2D eigenvalue weighted by Gasteiger charge is -2.35. The maximum absolute atomic E-state index is 5.85. The third-order valence-electron chi connectivity index (χ3n) is 3.29. The summed E-state index contributed by atoms with van der Waals surface area (Å²) in [5.41, 5.74) is 1.20. The molecule has 3 nitrogen and oxygen atoms in total. The van der Waals surface area contributed by atoms with E-state index in [1.807, 2.05) is 12.1 Å². The topological polar surface area (TPSA) is 21.7 Å². The number of methoxy groups -OCH3 is 1. The first-order valence-corrected chi connectivity index (χ1v) is 6.20. The van der Waals surface area contributed by atoms with Crippen LogP contribution in [0.5, 0.6) is 5.75 Å². The van der Waals surface area contributed by atoms with Crippen LogP contribution in [-0.4, -0.2) is 37.7 Å². The highest BCUT2D eigenvalue weighted by molar-refractivity contribution is 5.30. The number of hydrogen-bond donors (Lipinski definition) is 0. The van der Waals surface area contributed by atoms with Crippen molar-refractivity contribution in [2.24, 2.45) is 0 Å². The Kier molecular flexibility index (Phi) is 4.02. The number of nitrogens with zero attached hydrogens (tertiary/aromatic N) is 1. The minimum absolute atomic E-state index is 0.168. The van der Waals surface area contributed by atoms with E-state index in [0.717, 1.165) is 25.4 Å². The molecule has 1 aromatic rings. The summed E-state index contributed by atoms with van der Waals surface area (Å²) in [5.74, 6) is 0.896. The van der Waals surface area contributed by atoms with E-state index in [4.69, 9.17) is 9.47 Å². The number of morpholine rings is 1. The average molecular weight is 235 g/mol. The van der Waals surface area contributed by atoms with Crippen molar-refractivity contribution in [1.29, 1.82) is 0 Å². The van der Waals surface area contributed by atoms with Gasteiger partial charge in [-0.25, -0.2) is 0 Å². The number of rotatable bonds is 3.